The molecule has 10 heteroatoms. The van der Waals surface area contributed by atoms with E-state index in [4.69, 9.17) is 0 Å². The van der Waals surface area contributed by atoms with Gasteiger partial charge in [-0.2, -0.15) is 5.10 Å². The second-order valence-electron chi connectivity index (χ2n) is 5.20. The van der Waals surface area contributed by atoms with E-state index in [9.17, 15) is 25.0 Å². The van der Waals surface area contributed by atoms with Crippen LogP contribution >= 0.6 is 0 Å². The fraction of sp³-hybridized carbons (Fsp3) is 0.286. The predicted molar refractivity (Wildman–Crippen MR) is 84.7 cm³/mol. The van der Waals surface area contributed by atoms with Crippen molar-refractivity contribution in [1.82, 2.24) is 9.78 Å². The van der Waals surface area contributed by atoms with Gasteiger partial charge in [0.25, 0.3) is 5.69 Å². The Kier molecular flexibility index (Phi) is 4.87. The number of aromatic nitrogens is 2. The van der Waals surface area contributed by atoms with Gasteiger partial charge in [-0.15, -0.1) is 0 Å². The van der Waals surface area contributed by atoms with Gasteiger partial charge < -0.3 is 5.32 Å². The number of aryl methyl sites for hydroxylation is 3. The molecule has 24 heavy (non-hydrogen) atoms. The Bertz CT molecular complexity index is 814. The number of benzene rings is 1. The molecule has 0 aliphatic heterocycles. The van der Waals surface area contributed by atoms with E-state index < -0.39 is 15.8 Å². The summed E-state index contributed by atoms with van der Waals surface area (Å²) in [5.41, 5.74) is 0.769. The largest absolute Gasteiger partial charge is 0.320 e. The monoisotopic (exact) mass is 333 g/mol. The number of nitro benzene ring substituents is 1. The molecule has 0 radical (unpaired) electrons. The molecular weight excluding hydrogens is 318 g/mol. The molecule has 0 aliphatic rings. The van der Waals surface area contributed by atoms with E-state index in [1.54, 1.807) is 13.0 Å². The zero-order chi connectivity index (χ0) is 17.9. The molecule has 1 amide bonds. The lowest BCUT2D eigenvalue weighted by molar-refractivity contribution is -0.385. The summed E-state index contributed by atoms with van der Waals surface area (Å²) in [5, 5.41) is 28.2. The van der Waals surface area contributed by atoms with E-state index in [0.717, 1.165) is 0 Å². The molecule has 0 unspecified atom stereocenters. The number of nitrogens with zero attached hydrogens (tertiary/aromatic N) is 4. The van der Waals surface area contributed by atoms with Crippen molar-refractivity contribution >= 4 is 23.0 Å². The Morgan fingerprint density at radius 1 is 1.21 bits per heavy atom. The molecule has 0 saturated heterocycles. The van der Waals surface area contributed by atoms with Crippen LogP contribution in [-0.4, -0.2) is 25.5 Å². The number of nitro groups is 2. The van der Waals surface area contributed by atoms with Crippen molar-refractivity contribution in [2.75, 3.05) is 5.32 Å². The van der Waals surface area contributed by atoms with E-state index in [1.165, 1.54) is 29.9 Å². The van der Waals surface area contributed by atoms with Gasteiger partial charge in [-0.1, -0.05) is 6.07 Å². The average molecular weight is 333 g/mol. The molecule has 0 aliphatic carbocycles. The number of carbonyl (C=O) groups excluding carboxylic acids is 1. The number of anilines is 1. The molecule has 0 bridgehead atoms. The van der Waals surface area contributed by atoms with Gasteiger partial charge in [0, 0.05) is 19.0 Å². The van der Waals surface area contributed by atoms with Gasteiger partial charge in [-0.05, 0) is 25.5 Å². The summed E-state index contributed by atoms with van der Waals surface area (Å²) >= 11 is 0. The smallest absolute Gasteiger partial charge is 0.309 e. The Balaban J connectivity index is 2.03. The minimum absolute atomic E-state index is 0.0245. The maximum absolute atomic E-state index is 12.0. The zero-order valence-electron chi connectivity index (χ0n) is 13.1. The summed E-state index contributed by atoms with van der Waals surface area (Å²) in [7, 11) is 0. The first-order valence-corrected chi connectivity index (χ1v) is 7.01. The molecule has 1 aromatic heterocycles. The second-order valence-corrected chi connectivity index (χ2v) is 5.20. The quantitative estimate of drug-likeness (QED) is 0.637. The molecule has 0 saturated carbocycles. The molecular formula is C14H15N5O5. The van der Waals surface area contributed by atoms with Crippen molar-refractivity contribution < 1.29 is 14.6 Å². The van der Waals surface area contributed by atoms with Crippen LogP contribution in [0.3, 0.4) is 0 Å². The van der Waals surface area contributed by atoms with E-state index in [0.29, 0.717) is 5.56 Å². The fourth-order valence-corrected chi connectivity index (χ4v) is 2.13. The van der Waals surface area contributed by atoms with Gasteiger partial charge in [0.05, 0.1) is 9.85 Å². The molecule has 1 heterocycles. The summed E-state index contributed by atoms with van der Waals surface area (Å²) in [4.78, 5) is 32.6. The maximum Gasteiger partial charge on any atom is 0.309 e. The third kappa shape index (κ3) is 3.91. The Morgan fingerprint density at radius 3 is 2.46 bits per heavy atom. The van der Waals surface area contributed by atoms with Crippen LogP contribution in [0.2, 0.25) is 0 Å². The zero-order valence-corrected chi connectivity index (χ0v) is 13.1. The molecule has 126 valence electrons. The van der Waals surface area contributed by atoms with Crippen molar-refractivity contribution in [3.8, 4) is 0 Å². The number of rotatable bonds is 6. The lowest BCUT2D eigenvalue weighted by atomic mass is 10.2. The van der Waals surface area contributed by atoms with Crippen molar-refractivity contribution in [1.29, 1.82) is 0 Å². The van der Waals surface area contributed by atoms with Crippen LogP contribution in [0.4, 0.5) is 17.1 Å². The highest BCUT2D eigenvalue weighted by Crippen LogP contribution is 2.25. The van der Waals surface area contributed by atoms with Crippen LogP contribution in [0.1, 0.15) is 17.7 Å². The van der Waals surface area contributed by atoms with Crippen molar-refractivity contribution in [3.63, 3.8) is 0 Å². The van der Waals surface area contributed by atoms with Gasteiger partial charge in [0.2, 0.25) is 5.91 Å². The number of carbonyl (C=O) groups is 1. The minimum atomic E-state index is -0.567. The van der Waals surface area contributed by atoms with Crippen LogP contribution in [0, 0.1) is 34.1 Å². The molecule has 0 atom stereocenters. The van der Waals surface area contributed by atoms with Crippen molar-refractivity contribution in [2.45, 2.75) is 26.8 Å². The Labute approximate surface area is 136 Å². The van der Waals surface area contributed by atoms with E-state index >= 15 is 0 Å². The van der Waals surface area contributed by atoms with Crippen molar-refractivity contribution in [3.05, 3.63) is 55.9 Å². The van der Waals surface area contributed by atoms with Gasteiger partial charge in [0.1, 0.15) is 17.6 Å². The summed E-state index contributed by atoms with van der Waals surface area (Å²) in [5.74, 6) is -0.447. The van der Waals surface area contributed by atoms with Crippen LogP contribution < -0.4 is 5.32 Å². The first kappa shape index (κ1) is 17.1. The normalized spacial score (nSPS) is 10.4. The van der Waals surface area contributed by atoms with Crippen LogP contribution in [0.5, 0.6) is 0 Å². The molecule has 0 spiro atoms. The van der Waals surface area contributed by atoms with Gasteiger partial charge in [-0.3, -0.25) is 29.7 Å². The molecule has 1 N–H and O–H groups in total. The molecule has 0 fully saturated rings. The topological polar surface area (TPSA) is 133 Å². The highest BCUT2D eigenvalue weighted by molar-refractivity contribution is 5.93. The standard InChI is InChI=1S/C14H15N5O5/c1-9-3-4-11(12(7-9)18(21)22)15-14(20)5-6-17-8-13(19(23)24)10(2)16-17/h3-4,7-8H,5-6H2,1-2H3,(H,15,20). The first-order chi connectivity index (χ1) is 11.3. The third-order valence-electron chi connectivity index (χ3n) is 3.31. The summed E-state index contributed by atoms with van der Waals surface area (Å²) < 4.78 is 1.30. The maximum atomic E-state index is 12.0. The summed E-state index contributed by atoms with van der Waals surface area (Å²) in [6.45, 7) is 3.34. The molecule has 10 nitrogen and oxygen atoms in total. The molecule has 2 rings (SSSR count). The van der Waals surface area contributed by atoms with Crippen LogP contribution in [0.25, 0.3) is 0 Å². The number of hydrogen-bond donors (Lipinski definition) is 1. The van der Waals surface area contributed by atoms with Gasteiger partial charge >= 0.3 is 5.69 Å². The van der Waals surface area contributed by atoms with E-state index in [-0.39, 0.29) is 35.7 Å². The van der Waals surface area contributed by atoms with E-state index in [2.05, 4.69) is 10.4 Å². The van der Waals surface area contributed by atoms with E-state index in [1.807, 2.05) is 0 Å². The highest BCUT2D eigenvalue weighted by Gasteiger charge is 2.18. The third-order valence-corrected chi connectivity index (χ3v) is 3.31. The summed E-state index contributed by atoms with van der Waals surface area (Å²) in [6.07, 6.45) is 1.22. The van der Waals surface area contributed by atoms with Gasteiger partial charge in [-0.25, -0.2) is 0 Å². The predicted octanol–water partition coefficient (Wildman–Crippen LogP) is 2.35. The van der Waals surface area contributed by atoms with Crippen LogP contribution in [0.15, 0.2) is 24.4 Å². The van der Waals surface area contributed by atoms with Gasteiger partial charge in [0.15, 0.2) is 0 Å². The molecule has 2 aromatic rings. The lowest BCUT2D eigenvalue weighted by Crippen LogP contribution is -2.15. The number of hydrogen-bond acceptors (Lipinski definition) is 6. The minimum Gasteiger partial charge on any atom is -0.320 e. The summed E-state index contributed by atoms with van der Waals surface area (Å²) in [6, 6.07) is 4.49. The average Bonchev–Trinajstić information content (AvgIpc) is 2.88. The fourth-order valence-electron chi connectivity index (χ4n) is 2.13. The number of nitrogens with one attached hydrogen (secondary N) is 1. The lowest BCUT2D eigenvalue weighted by Gasteiger charge is -2.06. The first-order valence-electron chi connectivity index (χ1n) is 7.01. The Morgan fingerprint density at radius 2 is 1.88 bits per heavy atom. The Hall–Kier alpha value is -3.30. The van der Waals surface area contributed by atoms with Crippen LogP contribution in [-0.2, 0) is 11.3 Å². The highest BCUT2D eigenvalue weighted by atomic mass is 16.6. The van der Waals surface area contributed by atoms with Crippen molar-refractivity contribution in [2.24, 2.45) is 0 Å². The molecule has 1 aromatic carbocycles. The SMILES string of the molecule is Cc1ccc(NC(=O)CCn2cc([N+](=O)[O-])c(C)n2)c([N+](=O)[O-])c1. The number of amides is 1. The second kappa shape index (κ2) is 6.86.